The summed E-state index contributed by atoms with van der Waals surface area (Å²) in [7, 11) is 0. The molecular formula is C11H16N2O4. The molecule has 6 heteroatoms. The lowest BCUT2D eigenvalue weighted by molar-refractivity contribution is 0.00421. The molecule has 0 aliphatic rings. The topological polar surface area (TPSA) is 116 Å². The predicted octanol–water partition coefficient (Wildman–Crippen LogP) is -0.933. The Hall–Kier alpha value is -1.47. The van der Waals surface area contributed by atoms with Crippen molar-refractivity contribution in [2.75, 3.05) is 6.61 Å². The summed E-state index contributed by atoms with van der Waals surface area (Å²) in [6, 6.07) is 6.03. The fourth-order valence-electron chi connectivity index (χ4n) is 1.43. The lowest BCUT2D eigenvalue weighted by atomic mass is 10.0. The van der Waals surface area contributed by atoms with Gasteiger partial charge in [-0.1, -0.05) is 12.1 Å². The van der Waals surface area contributed by atoms with Gasteiger partial charge in [-0.05, 0) is 24.1 Å². The molecular weight excluding hydrogens is 224 g/mol. The highest BCUT2D eigenvalue weighted by molar-refractivity contribution is 5.93. The molecule has 17 heavy (non-hydrogen) atoms. The van der Waals surface area contributed by atoms with E-state index in [1.165, 1.54) is 24.3 Å². The number of hydrogen-bond acceptors (Lipinski definition) is 5. The maximum Gasteiger partial charge on any atom is 0.265 e. The number of hydrazine groups is 1. The summed E-state index contributed by atoms with van der Waals surface area (Å²) in [5, 5.41) is 27.9. The van der Waals surface area contributed by atoms with E-state index in [-0.39, 0.29) is 13.0 Å². The van der Waals surface area contributed by atoms with Crippen LogP contribution in [0.2, 0.25) is 0 Å². The van der Waals surface area contributed by atoms with E-state index in [1.54, 1.807) is 0 Å². The van der Waals surface area contributed by atoms with E-state index in [2.05, 4.69) is 0 Å². The molecule has 1 amide bonds. The number of nitrogens with two attached hydrogens (primary N) is 1. The average Bonchev–Trinajstić information content (AvgIpc) is 2.37. The molecule has 1 aromatic rings. The summed E-state index contributed by atoms with van der Waals surface area (Å²) in [5.41, 5.74) is 2.82. The predicted molar refractivity (Wildman–Crippen MR) is 60.8 cm³/mol. The van der Waals surface area contributed by atoms with Crippen LogP contribution in [0.25, 0.3) is 0 Å². The van der Waals surface area contributed by atoms with Gasteiger partial charge in [0.15, 0.2) is 0 Å². The first-order valence-corrected chi connectivity index (χ1v) is 5.18. The van der Waals surface area contributed by atoms with Gasteiger partial charge in [0, 0.05) is 12.2 Å². The number of aliphatic hydroxyl groups excluding tert-OH is 3. The highest BCUT2D eigenvalue weighted by Crippen LogP contribution is 2.19. The minimum Gasteiger partial charge on any atom is -0.396 e. The van der Waals surface area contributed by atoms with Gasteiger partial charge >= 0.3 is 0 Å². The SMILES string of the molecule is NNC(=O)c1ccc(C(O)C(O)CCO)cc1. The summed E-state index contributed by atoms with van der Waals surface area (Å²) in [6.45, 7) is -0.202. The molecule has 0 saturated heterocycles. The molecule has 0 saturated carbocycles. The van der Waals surface area contributed by atoms with Crippen molar-refractivity contribution in [2.45, 2.75) is 18.6 Å². The second-order valence-electron chi connectivity index (χ2n) is 3.62. The first kappa shape index (κ1) is 13.6. The second-order valence-corrected chi connectivity index (χ2v) is 3.62. The molecule has 0 heterocycles. The lowest BCUT2D eigenvalue weighted by Gasteiger charge is -2.17. The molecule has 1 aromatic carbocycles. The number of nitrogens with one attached hydrogen (secondary N) is 1. The number of benzene rings is 1. The largest absolute Gasteiger partial charge is 0.396 e. The lowest BCUT2D eigenvalue weighted by Crippen LogP contribution is -2.30. The van der Waals surface area contributed by atoms with Crippen molar-refractivity contribution >= 4 is 5.91 Å². The minimum absolute atomic E-state index is 0.0895. The van der Waals surface area contributed by atoms with Gasteiger partial charge in [-0.2, -0.15) is 0 Å². The highest BCUT2D eigenvalue weighted by Gasteiger charge is 2.17. The summed E-state index contributed by atoms with van der Waals surface area (Å²) in [4.78, 5) is 11.1. The fraction of sp³-hybridized carbons (Fsp3) is 0.364. The first-order chi connectivity index (χ1) is 8.10. The molecule has 0 fully saturated rings. The second kappa shape index (κ2) is 6.31. The third-order valence-electron chi connectivity index (χ3n) is 2.43. The number of rotatable bonds is 5. The highest BCUT2D eigenvalue weighted by atomic mass is 16.3. The zero-order chi connectivity index (χ0) is 12.8. The van der Waals surface area contributed by atoms with Crippen molar-refractivity contribution in [3.05, 3.63) is 35.4 Å². The Balaban J connectivity index is 2.76. The van der Waals surface area contributed by atoms with E-state index >= 15 is 0 Å². The van der Waals surface area contributed by atoms with E-state index in [4.69, 9.17) is 10.9 Å². The molecule has 2 atom stereocenters. The van der Waals surface area contributed by atoms with Crippen LogP contribution in [0, 0.1) is 0 Å². The van der Waals surface area contributed by atoms with Crippen molar-refractivity contribution in [3.8, 4) is 0 Å². The van der Waals surface area contributed by atoms with Crippen LogP contribution in [-0.4, -0.2) is 33.9 Å². The van der Waals surface area contributed by atoms with Crippen molar-refractivity contribution in [2.24, 2.45) is 5.84 Å². The van der Waals surface area contributed by atoms with Gasteiger partial charge in [-0.3, -0.25) is 10.2 Å². The van der Waals surface area contributed by atoms with Gasteiger partial charge in [0.05, 0.1) is 6.10 Å². The normalized spacial score (nSPS) is 14.1. The molecule has 0 spiro atoms. The summed E-state index contributed by atoms with van der Waals surface area (Å²) in [6.07, 6.45) is -2.03. The van der Waals surface area contributed by atoms with Gasteiger partial charge in [0.25, 0.3) is 5.91 Å². The minimum atomic E-state index is -1.09. The molecule has 94 valence electrons. The Morgan fingerprint density at radius 3 is 2.35 bits per heavy atom. The molecule has 2 unspecified atom stereocenters. The number of hydrogen-bond donors (Lipinski definition) is 5. The molecule has 1 rings (SSSR count). The van der Waals surface area contributed by atoms with Crippen LogP contribution in [0.15, 0.2) is 24.3 Å². The number of aliphatic hydroxyl groups is 3. The van der Waals surface area contributed by atoms with Crippen LogP contribution < -0.4 is 11.3 Å². The van der Waals surface area contributed by atoms with Crippen LogP contribution in [0.3, 0.4) is 0 Å². The van der Waals surface area contributed by atoms with Crippen molar-refractivity contribution in [3.63, 3.8) is 0 Å². The number of amides is 1. The van der Waals surface area contributed by atoms with Crippen LogP contribution in [-0.2, 0) is 0 Å². The molecule has 0 aliphatic carbocycles. The number of carbonyl (C=O) groups is 1. The van der Waals surface area contributed by atoms with E-state index in [1.807, 2.05) is 5.43 Å². The average molecular weight is 240 g/mol. The number of carbonyl (C=O) groups excluding carboxylic acids is 1. The molecule has 0 bridgehead atoms. The van der Waals surface area contributed by atoms with Crippen molar-refractivity contribution in [1.82, 2.24) is 5.43 Å². The van der Waals surface area contributed by atoms with Crippen molar-refractivity contribution < 1.29 is 20.1 Å². The standard InChI is InChI=1S/C11H16N2O4/c12-13-11(17)8-3-1-7(2-4-8)10(16)9(15)5-6-14/h1-4,9-10,14-16H,5-6,12H2,(H,13,17). The third kappa shape index (κ3) is 3.50. The summed E-state index contributed by atoms with van der Waals surface area (Å²) >= 11 is 0. The molecule has 0 radical (unpaired) electrons. The molecule has 0 aromatic heterocycles. The van der Waals surface area contributed by atoms with Crippen LogP contribution in [0.5, 0.6) is 0 Å². The van der Waals surface area contributed by atoms with Crippen LogP contribution in [0.1, 0.15) is 28.4 Å². The Morgan fingerprint density at radius 1 is 1.29 bits per heavy atom. The molecule has 0 aliphatic heterocycles. The molecule has 6 N–H and O–H groups in total. The zero-order valence-corrected chi connectivity index (χ0v) is 9.21. The van der Waals surface area contributed by atoms with E-state index in [9.17, 15) is 15.0 Å². The van der Waals surface area contributed by atoms with E-state index in [0.717, 1.165) is 0 Å². The quantitative estimate of drug-likeness (QED) is 0.259. The van der Waals surface area contributed by atoms with E-state index in [0.29, 0.717) is 11.1 Å². The van der Waals surface area contributed by atoms with Gasteiger partial charge in [-0.25, -0.2) is 5.84 Å². The Kier molecular flexibility index (Phi) is 5.05. The Labute approximate surface area is 98.7 Å². The van der Waals surface area contributed by atoms with Gasteiger partial charge in [-0.15, -0.1) is 0 Å². The maximum absolute atomic E-state index is 11.1. The van der Waals surface area contributed by atoms with Gasteiger partial charge in [0.1, 0.15) is 6.10 Å². The van der Waals surface area contributed by atoms with Gasteiger partial charge < -0.3 is 15.3 Å². The zero-order valence-electron chi connectivity index (χ0n) is 9.21. The molecule has 6 nitrogen and oxygen atoms in total. The van der Waals surface area contributed by atoms with Crippen LogP contribution in [0.4, 0.5) is 0 Å². The summed E-state index contributed by atoms with van der Waals surface area (Å²) in [5.74, 6) is 4.54. The van der Waals surface area contributed by atoms with Gasteiger partial charge in [0.2, 0.25) is 0 Å². The Bertz CT molecular complexity index is 366. The third-order valence-corrected chi connectivity index (χ3v) is 2.43. The van der Waals surface area contributed by atoms with E-state index < -0.39 is 18.1 Å². The Morgan fingerprint density at radius 2 is 1.88 bits per heavy atom. The van der Waals surface area contributed by atoms with Crippen molar-refractivity contribution in [1.29, 1.82) is 0 Å². The van der Waals surface area contributed by atoms with Crippen LogP contribution >= 0.6 is 0 Å². The smallest absolute Gasteiger partial charge is 0.265 e. The first-order valence-electron chi connectivity index (χ1n) is 5.18. The fourth-order valence-corrected chi connectivity index (χ4v) is 1.43. The number of nitrogen functional groups attached to an aromatic ring is 1. The monoisotopic (exact) mass is 240 g/mol. The maximum atomic E-state index is 11.1. The summed E-state index contributed by atoms with van der Waals surface area (Å²) < 4.78 is 0.